The maximum Gasteiger partial charge on any atom is 0.187 e. The summed E-state index contributed by atoms with van der Waals surface area (Å²) in [5.41, 5.74) is 11.7. The molecule has 262 valence electrons. The van der Waals surface area contributed by atoms with Gasteiger partial charge in [-0.3, -0.25) is 0 Å². The van der Waals surface area contributed by atoms with Gasteiger partial charge in [-0.05, 0) is 34.4 Å². The second-order valence-electron chi connectivity index (χ2n) is 13.2. The Kier molecular flexibility index (Phi) is 9.23. The van der Waals surface area contributed by atoms with Crippen molar-refractivity contribution < 1.29 is 0 Å². The van der Waals surface area contributed by atoms with Crippen molar-refractivity contribution in [2.45, 2.75) is 0 Å². The highest BCUT2D eigenvalue weighted by Crippen LogP contribution is 2.41. The number of hydrogen-bond acceptors (Lipinski definition) is 5. The van der Waals surface area contributed by atoms with Gasteiger partial charge in [-0.1, -0.05) is 182 Å². The molecule has 0 unspecified atom stereocenters. The zero-order chi connectivity index (χ0) is 37.7. The van der Waals surface area contributed by atoms with Crippen LogP contribution < -0.4 is 0 Å². The third-order valence-electron chi connectivity index (χ3n) is 9.61. The Morgan fingerprint density at radius 2 is 0.696 bits per heavy atom. The summed E-state index contributed by atoms with van der Waals surface area (Å²) in [6.07, 6.45) is 0. The van der Waals surface area contributed by atoms with Crippen molar-refractivity contribution in [2.75, 3.05) is 0 Å². The van der Waals surface area contributed by atoms with E-state index in [1.807, 2.05) is 140 Å². The molecular formula is C50H32N6. The third-order valence-corrected chi connectivity index (χ3v) is 9.61. The van der Waals surface area contributed by atoms with Gasteiger partial charge in [-0.25, -0.2) is 29.8 Å². The molecule has 9 rings (SSSR count). The van der Waals surface area contributed by atoms with E-state index in [0.29, 0.717) is 29.0 Å². The fourth-order valence-electron chi connectivity index (χ4n) is 6.81. The predicted octanol–water partition coefficient (Wildman–Crippen LogP) is 12.5. The predicted molar refractivity (Wildman–Crippen MR) is 225 cm³/mol. The molecule has 0 atom stereocenters. The Bertz CT molecular complexity index is 2720. The van der Waals surface area contributed by atoms with Crippen LogP contribution in [-0.4, -0.2) is 24.9 Å². The van der Waals surface area contributed by atoms with Crippen LogP contribution in [0.15, 0.2) is 194 Å². The summed E-state index contributed by atoms with van der Waals surface area (Å²) in [7, 11) is 0. The van der Waals surface area contributed by atoms with Gasteiger partial charge in [-0.2, -0.15) is 0 Å². The maximum atomic E-state index is 7.60. The van der Waals surface area contributed by atoms with Gasteiger partial charge in [0.1, 0.15) is 0 Å². The SMILES string of the molecule is [C-]#[N+]c1ccc(-c2cc(-c3nc(-c4ccccc4)nc(-c4ccccc4)n3)ccc2-c2ccccc2-c2cc(-c3ccccc3)nc(-c3ccccc3)n2)cc1. The van der Waals surface area contributed by atoms with Gasteiger partial charge < -0.3 is 0 Å². The van der Waals surface area contributed by atoms with Crippen LogP contribution in [0.25, 0.3) is 95.2 Å². The van der Waals surface area contributed by atoms with Crippen LogP contribution in [0.4, 0.5) is 5.69 Å². The van der Waals surface area contributed by atoms with Gasteiger partial charge in [0.25, 0.3) is 0 Å². The van der Waals surface area contributed by atoms with E-state index in [9.17, 15) is 0 Å². The summed E-state index contributed by atoms with van der Waals surface area (Å²) < 4.78 is 0. The van der Waals surface area contributed by atoms with E-state index in [0.717, 1.165) is 67.0 Å². The first kappa shape index (κ1) is 33.9. The first-order valence-electron chi connectivity index (χ1n) is 18.3. The lowest BCUT2D eigenvalue weighted by Crippen LogP contribution is -2.00. The molecule has 0 aliphatic heterocycles. The molecule has 0 saturated carbocycles. The average Bonchev–Trinajstić information content (AvgIpc) is 3.29. The molecule has 6 nitrogen and oxygen atoms in total. The summed E-state index contributed by atoms with van der Waals surface area (Å²) in [6.45, 7) is 7.60. The number of hydrogen-bond donors (Lipinski definition) is 0. The van der Waals surface area contributed by atoms with Crippen molar-refractivity contribution in [3.05, 3.63) is 206 Å². The van der Waals surface area contributed by atoms with Crippen LogP contribution in [-0.2, 0) is 0 Å². The summed E-state index contributed by atoms with van der Waals surface area (Å²) in [5, 5.41) is 0. The Hall–Kier alpha value is -7.88. The maximum absolute atomic E-state index is 7.60. The number of aromatic nitrogens is 5. The summed E-state index contributed by atoms with van der Waals surface area (Å²) >= 11 is 0. The van der Waals surface area contributed by atoms with E-state index >= 15 is 0 Å². The van der Waals surface area contributed by atoms with Crippen LogP contribution in [0.5, 0.6) is 0 Å². The van der Waals surface area contributed by atoms with Gasteiger partial charge in [0.15, 0.2) is 29.0 Å². The smallest absolute Gasteiger partial charge is 0.187 e. The van der Waals surface area contributed by atoms with Crippen molar-refractivity contribution in [3.63, 3.8) is 0 Å². The van der Waals surface area contributed by atoms with Crippen LogP contribution >= 0.6 is 0 Å². The number of nitrogens with zero attached hydrogens (tertiary/aromatic N) is 6. The summed E-state index contributed by atoms with van der Waals surface area (Å²) in [5.74, 6) is 2.41. The molecule has 0 radical (unpaired) electrons. The standard InChI is InChI=1S/C50H32N6/c1-51-40-29-26-34(27-30-40)44-32-39(50-55-48(37-20-10-4-11-21-37)54-49(56-50)38-22-12-5-13-23-38)28-31-42(44)41-24-14-15-25-43(41)46-33-45(35-16-6-2-7-17-35)52-47(53-46)36-18-8-3-9-19-36/h2-33H. The minimum absolute atomic E-state index is 0.562. The van der Waals surface area contributed by atoms with E-state index in [-0.39, 0.29) is 0 Å². The first-order valence-corrected chi connectivity index (χ1v) is 18.3. The third kappa shape index (κ3) is 6.96. The van der Waals surface area contributed by atoms with Gasteiger partial charge in [0.2, 0.25) is 0 Å². The molecule has 0 spiro atoms. The van der Waals surface area contributed by atoms with Gasteiger partial charge in [0.05, 0.1) is 18.0 Å². The van der Waals surface area contributed by atoms with Gasteiger partial charge >= 0.3 is 0 Å². The van der Waals surface area contributed by atoms with E-state index < -0.39 is 0 Å². The second kappa shape index (κ2) is 15.2. The van der Waals surface area contributed by atoms with Crippen molar-refractivity contribution in [2.24, 2.45) is 0 Å². The van der Waals surface area contributed by atoms with Crippen LogP contribution in [0.3, 0.4) is 0 Å². The molecule has 0 N–H and O–H groups in total. The monoisotopic (exact) mass is 716 g/mol. The van der Waals surface area contributed by atoms with E-state index in [1.54, 1.807) is 0 Å². The quantitative estimate of drug-likeness (QED) is 0.146. The lowest BCUT2D eigenvalue weighted by Gasteiger charge is -2.17. The fraction of sp³-hybridized carbons (Fsp3) is 0. The van der Waals surface area contributed by atoms with Crippen LogP contribution in [0, 0.1) is 6.57 Å². The molecule has 2 aromatic heterocycles. The van der Waals surface area contributed by atoms with Crippen molar-refractivity contribution >= 4 is 5.69 Å². The Morgan fingerprint density at radius 1 is 0.286 bits per heavy atom. The highest BCUT2D eigenvalue weighted by atomic mass is 15.0. The zero-order valence-corrected chi connectivity index (χ0v) is 30.2. The Balaban J connectivity index is 1.24. The lowest BCUT2D eigenvalue weighted by atomic mass is 9.89. The number of benzene rings is 7. The average molecular weight is 717 g/mol. The second-order valence-corrected chi connectivity index (χ2v) is 13.2. The molecule has 6 heteroatoms. The van der Waals surface area contributed by atoms with Crippen molar-refractivity contribution in [1.29, 1.82) is 0 Å². The molecule has 56 heavy (non-hydrogen) atoms. The molecule has 0 fully saturated rings. The highest BCUT2D eigenvalue weighted by Gasteiger charge is 2.19. The van der Waals surface area contributed by atoms with Crippen LogP contribution in [0.1, 0.15) is 0 Å². The van der Waals surface area contributed by atoms with Gasteiger partial charge in [0, 0.05) is 33.4 Å². The molecule has 2 heterocycles. The molecule has 0 aliphatic carbocycles. The highest BCUT2D eigenvalue weighted by molar-refractivity contribution is 5.93. The fourth-order valence-corrected chi connectivity index (χ4v) is 6.81. The van der Waals surface area contributed by atoms with E-state index in [1.165, 1.54) is 0 Å². The molecular weight excluding hydrogens is 685 g/mol. The molecule has 0 saturated heterocycles. The lowest BCUT2D eigenvalue weighted by molar-refractivity contribution is 1.07. The molecule has 0 bridgehead atoms. The normalized spacial score (nSPS) is 10.8. The van der Waals surface area contributed by atoms with Gasteiger partial charge in [-0.15, -0.1) is 0 Å². The zero-order valence-electron chi connectivity index (χ0n) is 30.2. The van der Waals surface area contributed by atoms with Crippen molar-refractivity contribution in [3.8, 4) is 90.3 Å². The number of rotatable bonds is 8. The van der Waals surface area contributed by atoms with Crippen molar-refractivity contribution in [1.82, 2.24) is 24.9 Å². The summed E-state index contributed by atoms with van der Waals surface area (Å²) in [6, 6.07) is 64.8. The van der Waals surface area contributed by atoms with E-state index in [4.69, 9.17) is 31.5 Å². The topological polar surface area (TPSA) is 68.8 Å². The van der Waals surface area contributed by atoms with E-state index in [2.05, 4.69) is 59.4 Å². The Labute approximate surface area is 325 Å². The van der Waals surface area contributed by atoms with Crippen LogP contribution in [0.2, 0.25) is 0 Å². The molecule has 7 aromatic carbocycles. The molecule has 0 aliphatic rings. The Morgan fingerprint density at radius 3 is 1.23 bits per heavy atom. The minimum atomic E-state index is 0.562. The molecule has 0 amide bonds. The first-order chi connectivity index (χ1) is 27.7. The summed E-state index contributed by atoms with van der Waals surface area (Å²) in [4.78, 5) is 28.8. The largest absolute Gasteiger partial charge is 0.238 e. The minimum Gasteiger partial charge on any atom is -0.238 e. The molecule has 9 aromatic rings.